The Balaban J connectivity index is 1.63. The molecule has 0 unspecified atom stereocenters. The van der Waals surface area contributed by atoms with Gasteiger partial charge in [-0.05, 0) is 29.8 Å². The molecule has 0 saturated heterocycles. The first-order chi connectivity index (χ1) is 14.7. The number of carbonyl (C=O) groups excluding carboxylic acids is 2. The van der Waals surface area contributed by atoms with Gasteiger partial charge < -0.3 is 20.1 Å². The summed E-state index contributed by atoms with van der Waals surface area (Å²) in [5, 5.41) is 5.80. The fourth-order valence-corrected chi connectivity index (χ4v) is 2.86. The zero-order valence-corrected chi connectivity index (χ0v) is 16.8. The summed E-state index contributed by atoms with van der Waals surface area (Å²) in [6.45, 7) is 0.383. The lowest BCUT2D eigenvalue weighted by molar-refractivity contribution is -0.139. The predicted molar refractivity (Wildman–Crippen MR) is 116 cm³/mol. The van der Waals surface area contributed by atoms with E-state index in [0.717, 1.165) is 17.9 Å². The summed E-state index contributed by atoms with van der Waals surface area (Å²) >= 11 is 0. The summed E-state index contributed by atoms with van der Waals surface area (Å²) < 4.78 is 10.4. The van der Waals surface area contributed by atoms with Crippen LogP contribution >= 0.6 is 0 Å². The molecule has 0 atom stereocenters. The summed E-state index contributed by atoms with van der Waals surface area (Å²) in [5.74, 6) is -0.128. The van der Waals surface area contributed by atoms with Crippen molar-refractivity contribution in [2.24, 2.45) is 0 Å². The molecule has 0 aromatic heterocycles. The Morgan fingerprint density at radius 1 is 0.900 bits per heavy atom. The molecule has 0 radical (unpaired) electrons. The third-order valence-electron chi connectivity index (χ3n) is 4.41. The van der Waals surface area contributed by atoms with Gasteiger partial charge in [0.15, 0.2) is 0 Å². The second-order valence-corrected chi connectivity index (χ2v) is 6.54. The van der Waals surface area contributed by atoms with E-state index in [-0.39, 0.29) is 12.5 Å². The minimum absolute atomic E-state index is 0.186. The van der Waals surface area contributed by atoms with Gasteiger partial charge in [-0.3, -0.25) is 9.59 Å². The smallest absolute Gasteiger partial charge is 0.325 e. The number of anilines is 2. The standard InChI is InChI=1S/C24H24N2O4/c1-29-23(27)17-25-24(28)21-12-5-6-13-22(21)26-19-10-7-11-20(16-19)30-15-14-18-8-3-2-4-9-18/h2-13,16,26H,14-15,17H2,1H3,(H,25,28). The number of nitrogens with one attached hydrogen (secondary N) is 2. The first kappa shape index (κ1) is 20.9. The minimum atomic E-state index is -0.505. The zero-order valence-electron chi connectivity index (χ0n) is 16.8. The maximum absolute atomic E-state index is 12.4. The molecule has 0 fully saturated rings. The van der Waals surface area contributed by atoms with Gasteiger partial charge in [0.1, 0.15) is 12.3 Å². The Kier molecular flexibility index (Phi) is 7.44. The number of para-hydroxylation sites is 1. The van der Waals surface area contributed by atoms with Crippen LogP contribution in [-0.2, 0) is 16.0 Å². The molecule has 0 spiro atoms. The summed E-state index contributed by atoms with van der Waals surface area (Å²) in [7, 11) is 1.28. The molecule has 0 aliphatic carbocycles. The number of methoxy groups -OCH3 is 1. The molecule has 0 bridgehead atoms. The van der Waals surface area contributed by atoms with Crippen molar-refractivity contribution >= 4 is 23.3 Å². The SMILES string of the molecule is COC(=O)CNC(=O)c1ccccc1Nc1cccc(OCCc2ccccc2)c1. The molecule has 3 rings (SSSR count). The summed E-state index contributed by atoms with van der Waals surface area (Å²) in [5.41, 5.74) is 3.07. The Hall–Kier alpha value is -3.80. The Morgan fingerprint density at radius 2 is 1.67 bits per heavy atom. The number of hydrogen-bond donors (Lipinski definition) is 2. The molecule has 30 heavy (non-hydrogen) atoms. The van der Waals surface area contributed by atoms with E-state index in [1.165, 1.54) is 12.7 Å². The average Bonchev–Trinajstić information content (AvgIpc) is 2.78. The third kappa shape index (κ3) is 6.10. The van der Waals surface area contributed by atoms with Crippen molar-refractivity contribution in [3.63, 3.8) is 0 Å². The number of benzene rings is 3. The summed E-state index contributed by atoms with van der Waals surface area (Å²) in [6.07, 6.45) is 0.821. The Bertz CT molecular complexity index is 989. The lowest BCUT2D eigenvalue weighted by Crippen LogP contribution is -2.30. The van der Waals surface area contributed by atoms with Gasteiger partial charge in [-0.2, -0.15) is 0 Å². The maximum Gasteiger partial charge on any atom is 0.325 e. The lowest BCUT2D eigenvalue weighted by atomic mass is 10.1. The maximum atomic E-state index is 12.4. The normalized spacial score (nSPS) is 10.2. The largest absolute Gasteiger partial charge is 0.493 e. The summed E-state index contributed by atoms with van der Waals surface area (Å²) in [4.78, 5) is 23.7. The molecule has 154 valence electrons. The van der Waals surface area contributed by atoms with Crippen LogP contribution in [0, 0.1) is 0 Å². The van der Waals surface area contributed by atoms with Crippen LogP contribution in [0.25, 0.3) is 0 Å². The fraction of sp³-hybridized carbons (Fsp3) is 0.167. The van der Waals surface area contributed by atoms with Crippen LogP contribution in [0.5, 0.6) is 5.75 Å². The van der Waals surface area contributed by atoms with E-state index in [2.05, 4.69) is 27.5 Å². The van der Waals surface area contributed by atoms with Gasteiger partial charge in [-0.1, -0.05) is 48.5 Å². The second kappa shape index (κ2) is 10.7. The van der Waals surface area contributed by atoms with E-state index in [9.17, 15) is 9.59 Å². The van der Waals surface area contributed by atoms with Crippen molar-refractivity contribution in [2.75, 3.05) is 25.6 Å². The molecule has 0 aliphatic rings. The highest BCUT2D eigenvalue weighted by molar-refractivity contribution is 6.01. The highest BCUT2D eigenvalue weighted by Gasteiger charge is 2.12. The molecule has 0 saturated carbocycles. The first-order valence-electron chi connectivity index (χ1n) is 9.63. The van der Waals surface area contributed by atoms with Crippen LogP contribution in [0.4, 0.5) is 11.4 Å². The van der Waals surface area contributed by atoms with Gasteiger partial charge in [0.05, 0.1) is 25.0 Å². The number of ether oxygens (including phenoxy) is 2. The van der Waals surface area contributed by atoms with Gasteiger partial charge in [0, 0.05) is 18.2 Å². The Labute approximate surface area is 175 Å². The monoisotopic (exact) mass is 404 g/mol. The van der Waals surface area contributed by atoms with Crippen molar-refractivity contribution in [3.05, 3.63) is 90.0 Å². The molecular weight excluding hydrogens is 380 g/mol. The Morgan fingerprint density at radius 3 is 2.47 bits per heavy atom. The van der Waals surface area contributed by atoms with E-state index in [1.807, 2.05) is 48.5 Å². The van der Waals surface area contributed by atoms with E-state index in [4.69, 9.17) is 4.74 Å². The van der Waals surface area contributed by atoms with Gasteiger partial charge in [-0.15, -0.1) is 0 Å². The van der Waals surface area contributed by atoms with Crippen molar-refractivity contribution < 1.29 is 19.1 Å². The molecular formula is C24H24N2O4. The van der Waals surface area contributed by atoms with Gasteiger partial charge in [-0.25, -0.2) is 0 Å². The van der Waals surface area contributed by atoms with Gasteiger partial charge in [0.25, 0.3) is 5.91 Å². The summed E-state index contributed by atoms with van der Waals surface area (Å²) in [6, 6.07) is 24.8. The third-order valence-corrected chi connectivity index (χ3v) is 4.41. The van der Waals surface area contributed by atoms with Gasteiger partial charge in [0.2, 0.25) is 0 Å². The van der Waals surface area contributed by atoms with Crippen LogP contribution < -0.4 is 15.4 Å². The average molecular weight is 404 g/mol. The number of rotatable bonds is 9. The minimum Gasteiger partial charge on any atom is -0.493 e. The molecule has 3 aromatic rings. The topological polar surface area (TPSA) is 76.7 Å². The van der Waals surface area contributed by atoms with Crippen molar-refractivity contribution in [1.29, 1.82) is 0 Å². The number of amides is 1. The molecule has 0 aliphatic heterocycles. The number of hydrogen-bond acceptors (Lipinski definition) is 5. The van der Waals surface area contributed by atoms with Crippen LogP contribution in [0.1, 0.15) is 15.9 Å². The van der Waals surface area contributed by atoms with Crippen molar-refractivity contribution in [1.82, 2.24) is 5.32 Å². The molecule has 6 heteroatoms. The van der Waals surface area contributed by atoms with Crippen molar-refractivity contribution in [2.45, 2.75) is 6.42 Å². The van der Waals surface area contributed by atoms with Crippen molar-refractivity contribution in [3.8, 4) is 5.75 Å². The van der Waals surface area contributed by atoms with E-state index in [0.29, 0.717) is 17.9 Å². The van der Waals surface area contributed by atoms with Crippen LogP contribution in [0.15, 0.2) is 78.9 Å². The molecule has 0 heterocycles. The molecule has 1 amide bonds. The lowest BCUT2D eigenvalue weighted by Gasteiger charge is -2.13. The van der Waals surface area contributed by atoms with Crippen LogP contribution in [-0.4, -0.2) is 32.1 Å². The van der Waals surface area contributed by atoms with Crippen LogP contribution in [0.3, 0.4) is 0 Å². The van der Waals surface area contributed by atoms with E-state index in [1.54, 1.807) is 18.2 Å². The molecule has 2 N–H and O–H groups in total. The van der Waals surface area contributed by atoms with Crippen LogP contribution in [0.2, 0.25) is 0 Å². The predicted octanol–water partition coefficient (Wildman–Crippen LogP) is 3.95. The first-order valence-corrected chi connectivity index (χ1v) is 9.63. The second-order valence-electron chi connectivity index (χ2n) is 6.54. The van der Waals surface area contributed by atoms with Gasteiger partial charge >= 0.3 is 5.97 Å². The molecule has 6 nitrogen and oxygen atoms in total. The highest BCUT2D eigenvalue weighted by atomic mass is 16.5. The fourth-order valence-electron chi connectivity index (χ4n) is 2.86. The van der Waals surface area contributed by atoms with E-state index < -0.39 is 5.97 Å². The molecule has 3 aromatic carbocycles. The number of carbonyl (C=O) groups is 2. The van der Waals surface area contributed by atoms with E-state index >= 15 is 0 Å². The number of esters is 1. The zero-order chi connectivity index (χ0) is 21.2. The quantitative estimate of drug-likeness (QED) is 0.528. The highest BCUT2D eigenvalue weighted by Crippen LogP contribution is 2.24.